The number of rotatable bonds is 12. The Morgan fingerprint density at radius 3 is 2.79 bits per heavy atom. The normalized spacial score (nSPS) is 23.4. The van der Waals surface area contributed by atoms with E-state index in [1.54, 1.807) is 6.08 Å². The molecule has 160 valence electrons. The molecule has 1 fully saturated rings. The fourth-order valence-electron chi connectivity index (χ4n) is 3.84. The summed E-state index contributed by atoms with van der Waals surface area (Å²) in [7, 11) is 0. The van der Waals surface area contributed by atoms with Crippen molar-refractivity contribution >= 4 is 5.78 Å². The molecule has 0 heterocycles. The maximum atomic E-state index is 12.3. The lowest BCUT2D eigenvalue weighted by Crippen LogP contribution is -2.19. The highest BCUT2D eigenvalue weighted by Gasteiger charge is 2.39. The molecular formula is C25H36O4. The Morgan fingerprint density at radius 2 is 2.03 bits per heavy atom. The molecule has 0 aromatic heterocycles. The van der Waals surface area contributed by atoms with Crippen molar-refractivity contribution in [1.29, 1.82) is 0 Å². The largest absolute Gasteiger partial charge is 0.392 e. The highest BCUT2D eigenvalue weighted by atomic mass is 16.5. The van der Waals surface area contributed by atoms with Crippen LogP contribution in [0.5, 0.6) is 0 Å². The van der Waals surface area contributed by atoms with E-state index in [-0.39, 0.29) is 24.0 Å². The summed E-state index contributed by atoms with van der Waals surface area (Å²) in [5.74, 6) is -0.302. The van der Waals surface area contributed by atoms with E-state index in [0.717, 1.165) is 30.4 Å². The number of aliphatic hydroxyl groups is 2. The second-order valence-corrected chi connectivity index (χ2v) is 7.88. The molecule has 4 heteroatoms. The maximum Gasteiger partial charge on any atom is 0.139 e. The second-order valence-electron chi connectivity index (χ2n) is 7.88. The first-order valence-electron chi connectivity index (χ1n) is 10.9. The molecule has 4 nitrogen and oxygen atoms in total. The van der Waals surface area contributed by atoms with Crippen molar-refractivity contribution in [3.8, 4) is 0 Å². The van der Waals surface area contributed by atoms with Crippen molar-refractivity contribution in [2.75, 3.05) is 6.61 Å². The molecule has 0 spiro atoms. The van der Waals surface area contributed by atoms with E-state index in [9.17, 15) is 15.0 Å². The minimum atomic E-state index is -0.658. The molecule has 1 aromatic carbocycles. The monoisotopic (exact) mass is 400 g/mol. The van der Waals surface area contributed by atoms with Crippen LogP contribution in [-0.2, 0) is 22.6 Å². The van der Waals surface area contributed by atoms with Gasteiger partial charge >= 0.3 is 0 Å². The van der Waals surface area contributed by atoms with Gasteiger partial charge in [-0.25, -0.2) is 0 Å². The van der Waals surface area contributed by atoms with E-state index in [2.05, 4.69) is 19.1 Å². The van der Waals surface area contributed by atoms with E-state index in [1.807, 2.05) is 37.3 Å². The van der Waals surface area contributed by atoms with Gasteiger partial charge in [-0.3, -0.25) is 4.79 Å². The van der Waals surface area contributed by atoms with Crippen LogP contribution in [0, 0.1) is 11.8 Å². The summed E-state index contributed by atoms with van der Waals surface area (Å²) in [5.41, 5.74) is 2.13. The van der Waals surface area contributed by atoms with Gasteiger partial charge in [0.1, 0.15) is 5.78 Å². The third-order valence-electron chi connectivity index (χ3n) is 5.48. The smallest absolute Gasteiger partial charge is 0.139 e. The Kier molecular flexibility index (Phi) is 10.3. The lowest BCUT2D eigenvalue weighted by molar-refractivity contribution is -0.121. The van der Waals surface area contributed by atoms with Gasteiger partial charge in [-0.2, -0.15) is 0 Å². The van der Waals surface area contributed by atoms with Crippen LogP contribution in [0.1, 0.15) is 57.1 Å². The third kappa shape index (κ3) is 7.88. The summed E-state index contributed by atoms with van der Waals surface area (Å²) in [6.45, 7) is 5.37. The molecular weight excluding hydrogens is 364 g/mol. The number of Topliss-reactive ketones (excluding diaryl/α,β-unsaturated/α-hetero) is 1. The van der Waals surface area contributed by atoms with Crippen LogP contribution in [0.25, 0.3) is 0 Å². The summed E-state index contributed by atoms with van der Waals surface area (Å²) >= 11 is 0. The molecule has 4 atom stereocenters. The van der Waals surface area contributed by atoms with Gasteiger partial charge in [0, 0.05) is 31.3 Å². The minimum Gasteiger partial charge on any atom is -0.392 e. The predicted octanol–water partition coefficient (Wildman–Crippen LogP) is 4.39. The predicted molar refractivity (Wildman–Crippen MR) is 117 cm³/mol. The van der Waals surface area contributed by atoms with E-state index in [0.29, 0.717) is 26.1 Å². The lowest BCUT2D eigenvalue weighted by Gasteiger charge is -2.17. The topological polar surface area (TPSA) is 66.8 Å². The van der Waals surface area contributed by atoms with Crippen molar-refractivity contribution < 1.29 is 19.7 Å². The fourth-order valence-corrected chi connectivity index (χ4v) is 3.84. The first kappa shape index (κ1) is 23.5. The first-order valence-corrected chi connectivity index (χ1v) is 10.9. The Bertz CT molecular complexity index is 679. The lowest BCUT2D eigenvalue weighted by atomic mass is 9.90. The number of carbonyl (C=O) groups is 1. The van der Waals surface area contributed by atoms with Crippen LogP contribution in [0.2, 0.25) is 0 Å². The molecule has 1 aliphatic rings. The summed E-state index contributed by atoms with van der Waals surface area (Å²) < 4.78 is 5.44. The van der Waals surface area contributed by atoms with Gasteiger partial charge in [0.05, 0.1) is 18.8 Å². The molecule has 1 aromatic rings. The Morgan fingerprint density at radius 1 is 1.24 bits per heavy atom. The highest BCUT2D eigenvalue weighted by molar-refractivity contribution is 5.84. The van der Waals surface area contributed by atoms with Crippen LogP contribution in [0.4, 0.5) is 0 Å². The molecule has 1 aliphatic carbocycles. The molecule has 2 rings (SSSR count). The summed E-state index contributed by atoms with van der Waals surface area (Å²) in [6, 6.07) is 8.02. The molecule has 0 saturated heterocycles. The first-order chi connectivity index (χ1) is 14.0. The van der Waals surface area contributed by atoms with E-state index in [4.69, 9.17) is 4.74 Å². The number of hydrogen-bond donors (Lipinski definition) is 2. The quantitative estimate of drug-likeness (QED) is 0.403. The van der Waals surface area contributed by atoms with Gasteiger partial charge in [-0.1, -0.05) is 68.3 Å². The zero-order valence-corrected chi connectivity index (χ0v) is 17.8. The average Bonchev–Trinajstić information content (AvgIpc) is 2.97. The van der Waals surface area contributed by atoms with Crippen molar-refractivity contribution in [3.63, 3.8) is 0 Å². The van der Waals surface area contributed by atoms with Gasteiger partial charge < -0.3 is 14.9 Å². The number of carbonyl (C=O) groups excluding carboxylic acids is 1. The molecule has 0 aliphatic heterocycles. The summed E-state index contributed by atoms with van der Waals surface area (Å²) in [6.07, 6.45) is 11.2. The molecule has 0 radical (unpaired) electrons. The number of hydrogen-bond acceptors (Lipinski definition) is 4. The third-order valence-corrected chi connectivity index (χ3v) is 5.48. The summed E-state index contributed by atoms with van der Waals surface area (Å²) in [5, 5.41) is 20.7. The van der Waals surface area contributed by atoms with Crippen LogP contribution in [0.3, 0.4) is 0 Å². The Balaban J connectivity index is 1.93. The molecule has 0 amide bonds. The molecule has 1 saturated carbocycles. The number of unbranched alkanes of at least 4 members (excludes halogenated alkanes) is 2. The number of ketones is 1. The summed E-state index contributed by atoms with van der Waals surface area (Å²) in [4.78, 5) is 12.3. The zero-order chi connectivity index (χ0) is 21.1. The highest BCUT2D eigenvalue weighted by Crippen LogP contribution is 2.33. The number of ether oxygens (including phenoxy) is 1. The second kappa shape index (κ2) is 12.7. The van der Waals surface area contributed by atoms with E-state index < -0.39 is 12.2 Å². The van der Waals surface area contributed by atoms with E-state index >= 15 is 0 Å². The van der Waals surface area contributed by atoms with Crippen molar-refractivity contribution in [2.45, 2.75) is 71.2 Å². The van der Waals surface area contributed by atoms with Gasteiger partial charge in [0.15, 0.2) is 0 Å². The molecule has 2 N–H and O–H groups in total. The van der Waals surface area contributed by atoms with Gasteiger partial charge in [-0.05, 0) is 30.9 Å². The SMILES string of the molecule is CCCC/C=C\C[C@H]1C(=O)C[C@@H](O)[C@@H]1/C=C/[C@@H](O)Cc1cccc(COCC)c1. The average molecular weight is 401 g/mol. The van der Waals surface area contributed by atoms with Crippen molar-refractivity contribution in [3.05, 3.63) is 59.7 Å². The van der Waals surface area contributed by atoms with Crippen LogP contribution in [0.15, 0.2) is 48.6 Å². The Hall–Kier alpha value is -1.75. The van der Waals surface area contributed by atoms with Crippen LogP contribution < -0.4 is 0 Å². The Labute approximate surface area is 175 Å². The van der Waals surface area contributed by atoms with Gasteiger partial charge in [0.2, 0.25) is 0 Å². The van der Waals surface area contributed by atoms with Gasteiger partial charge in [-0.15, -0.1) is 0 Å². The number of aliphatic hydroxyl groups excluding tert-OH is 2. The molecule has 0 unspecified atom stereocenters. The number of benzene rings is 1. The number of allylic oxidation sites excluding steroid dienone is 2. The molecule has 0 bridgehead atoms. The van der Waals surface area contributed by atoms with Crippen molar-refractivity contribution in [2.24, 2.45) is 11.8 Å². The zero-order valence-electron chi connectivity index (χ0n) is 17.8. The van der Waals surface area contributed by atoms with Gasteiger partial charge in [0.25, 0.3) is 0 Å². The molecule has 29 heavy (non-hydrogen) atoms. The van der Waals surface area contributed by atoms with E-state index in [1.165, 1.54) is 0 Å². The van der Waals surface area contributed by atoms with Crippen LogP contribution >= 0.6 is 0 Å². The van der Waals surface area contributed by atoms with Crippen molar-refractivity contribution in [1.82, 2.24) is 0 Å². The fraction of sp³-hybridized carbons (Fsp3) is 0.560. The van der Waals surface area contributed by atoms with Crippen LogP contribution in [-0.4, -0.2) is 34.8 Å². The standard InChI is InChI=1S/C25H36O4/c1-3-5-6-7-8-12-22-23(25(28)17-24(22)27)14-13-21(26)16-19-10-9-11-20(15-19)18-29-4-2/h7-11,13-15,21-23,25-26,28H,3-6,12,16-18H2,1-2H3/b8-7-,14-13+/t21-,22-,23-,25-/m1/s1. The minimum absolute atomic E-state index is 0.116. The maximum absolute atomic E-state index is 12.3.